The van der Waals surface area contributed by atoms with Crippen LogP contribution in [0.4, 0.5) is 0 Å². The number of carbonyl (C=O) groups excluding carboxylic acids is 3. The van der Waals surface area contributed by atoms with Crippen molar-refractivity contribution in [2.75, 3.05) is 0 Å². The fourth-order valence-electron chi connectivity index (χ4n) is 3.99. The zero-order valence-corrected chi connectivity index (χ0v) is 15.5. The maximum atomic E-state index is 13.5. The van der Waals surface area contributed by atoms with E-state index in [4.69, 9.17) is 0 Å². The predicted molar refractivity (Wildman–Crippen MR) is 103 cm³/mol. The van der Waals surface area contributed by atoms with E-state index in [9.17, 15) is 14.4 Å². The minimum absolute atomic E-state index is 0.0983. The molecular formula is C21H15IO3. The summed E-state index contributed by atoms with van der Waals surface area (Å²) in [4.78, 5) is 40.0. The summed E-state index contributed by atoms with van der Waals surface area (Å²) in [5.41, 5.74) is 0.0165. The van der Waals surface area contributed by atoms with Crippen molar-refractivity contribution in [3.8, 4) is 0 Å². The van der Waals surface area contributed by atoms with Crippen LogP contribution >= 0.6 is 22.6 Å². The van der Waals surface area contributed by atoms with Crippen molar-refractivity contribution in [1.29, 1.82) is 0 Å². The lowest BCUT2D eigenvalue weighted by Gasteiger charge is -2.42. The van der Waals surface area contributed by atoms with E-state index in [1.165, 1.54) is 0 Å². The summed E-state index contributed by atoms with van der Waals surface area (Å²) in [6.45, 7) is 0. The number of allylic oxidation sites excluding steroid dienone is 2. The molecule has 0 heterocycles. The maximum absolute atomic E-state index is 13.5. The molecule has 0 aliphatic heterocycles. The van der Waals surface area contributed by atoms with Crippen molar-refractivity contribution in [2.24, 2.45) is 11.3 Å². The molecule has 2 aromatic carbocycles. The van der Waals surface area contributed by atoms with E-state index in [-0.39, 0.29) is 23.8 Å². The van der Waals surface area contributed by atoms with Crippen LogP contribution in [0.25, 0.3) is 0 Å². The molecule has 0 aromatic heterocycles. The smallest absolute Gasteiger partial charge is 0.178 e. The molecule has 2 aromatic rings. The van der Waals surface area contributed by atoms with E-state index in [0.29, 0.717) is 23.1 Å². The Morgan fingerprint density at radius 2 is 1.64 bits per heavy atom. The first kappa shape index (κ1) is 16.4. The second-order valence-electron chi connectivity index (χ2n) is 6.48. The first-order valence-corrected chi connectivity index (χ1v) is 9.27. The van der Waals surface area contributed by atoms with Gasteiger partial charge >= 0.3 is 0 Å². The first-order valence-electron chi connectivity index (χ1n) is 8.20. The van der Waals surface area contributed by atoms with Crippen molar-refractivity contribution < 1.29 is 14.4 Å². The zero-order chi connectivity index (χ0) is 17.6. The van der Waals surface area contributed by atoms with Crippen LogP contribution in [0.2, 0.25) is 0 Å². The fraction of sp³-hybridized carbons (Fsp3) is 0.190. The van der Waals surface area contributed by atoms with Gasteiger partial charge < -0.3 is 0 Å². The average Bonchev–Trinajstić information content (AvgIpc) is 2.66. The Morgan fingerprint density at radius 3 is 2.40 bits per heavy atom. The minimum Gasteiger partial charge on any atom is -0.294 e. The van der Waals surface area contributed by atoms with Crippen molar-refractivity contribution in [3.05, 3.63) is 80.9 Å². The molecule has 4 rings (SSSR count). The molecular weight excluding hydrogens is 427 g/mol. The third-order valence-corrected chi connectivity index (χ3v) is 6.20. The monoisotopic (exact) mass is 442 g/mol. The SMILES string of the molecule is O=C1c2ccccc2C(=O)[C@@]2(C(=O)c3ccccc3I)CC=CC[C@@H]12. The normalized spacial score (nSPS) is 24.6. The van der Waals surface area contributed by atoms with Gasteiger partial charge in [-0.25, -0.2) is 0 Å². The summed E-state index contributed by atoms with van der Waals surface area (Å²) in [7, 11) is 0. The molecule has 0 N–H and O–H groups in total. The second-order valence-corrected chi connectivity index (χ2v) is 7.65. The highest BCUT2D eigenvalue weighted by atomic mass is 127. The summed E-state index contributed by atoms with van der Waals surface area (Å²) in [6.07, 6.45) is 4.48. The first-order chi connectivity index (χ1) is 12.1. The topological polar surface area (TPSA) is 51.2 Å². The van der Waals surface area contributed by atoms with E-state index < -0.39 is 11.3 Å². The summed E-state index contributed by atoms with van der Waals surface area (Å²) in [6, 6.07) is 14.1. The average molecular weight is 442 g/mol. The van der Waals surface area contributed by atoms with E-state index in [1.54, 1.807) is 36.4 Å². The van der Waals surface area contributed by atoms with Gasteiger partial charge in [0.2, 0.25) is 0 Å². The van der Waals surface area contributed by atoms with Crippen LogP contribution in [0.5, 0.6) is 0 Å². The van der Waals surface area contributed by atoms with Crippen LogP contribution in [-0.4, -0.2) is 17.3 Å². The van der Waals surface area contributed by atoms with Crippen molar-refractivity contribution >= 4 is 39.9 Å². The molecule has 25 heavy (non-hydrogen) atoms. The highest BCUT2D eigenvalue weighted by molar-refractivity contribution is 14.1. The molecule has 0 unspecified atom stereocenters. The summed E-state index contributed by atoms with van der Waals surface area (Å²) in [5.74, 6) is -1.18. The van der Waals surface area contributed by atoms with E-state index in [0.717, 1.165) is 3.57 Å². The quantitative estimate of drug-likeness (QED) is 0.298. The number of rotatable bonds is 2. The molecule has 2 atom stereocenters. The summed E-state index contributed by atoms with van der Waals surface area (Å²) in [5, 5.41) is 0. The molecule has 0 spiro atoms. The lowest BCUT2D eigenvalue weighted by atomic mass is 9.56. The van der Waals surface area contributed by atoms with Gasteiger partial charge in [-0.15, -0.1) is 0 Å². The van der Waals surface area contributed by atoms with Gasteiger partial charge in [0.1, 0.15) is 5.41 Å². The molecule has 0 saturated carbocycles. The highest BCUT2D eigenvalue weighted by Gasteiger charge is 2.58. The Kier molecular flexibility index (Phi) is 3.95. The Balaban J connectivity index is 1.95. The van der Waals surface area contributed by atoms with Crippen LogP contribution < -0.4 is 0 Å². The van der Waals surface area contributed by atoms with Gasteiger partial charge in [0.05, 0.1) is 0 Å². The van der Waals surface area contributed by atoms with Crippen LogP contribution in [0.1, 0.15) is 43.9 Å². The lowest BCUT2D eigenvalue weighted by molar-refractivity contribution is 0.0464. The Bertz CT molecular complexity index is 944. The number of ketones is 3. The predicted octanol–water partition coefficient (Wildman–Crippen LogP) is 4.51. The Morgan fingerprint density at radius 1 is 0.960 bits per heavy atom. The molecule has 2 aliphatic carbocycles. The third kappa shape index (κ3) is 2.27. The van der Waals surface area contributed by atoms with Crippen LogP contribution in [0.15, 0.2) is 60.7 Å². The summed E-state index contributed by atoms with van der Waals surface area (Å²) < 4.78 is 0.798. The summed E-state index contributed by atoms with van der Waals surface area (Å²) >= 11 is 2.11. The molecule has 3 nitrogen and oxygen atoms in total. The Labute approximate surface area is 159 Å². The molecule has 0 bridgehead atoms. The van der Waals surface area contributed by atoms with Gasteiger partial charge in [-0.3, -0.25) is 14.4 Å². The second kappa shape index (κ2) is 6.02. The van der Waals surface area contributed by atoms with Crippen molar-refractivity contribution in [3.63, 3.8) is 0 Å². The highest BCUT2D eigenvalue weighted by Crippen LogP contribution is 2.49. The molecule has 0 fully saturated rings. The van der Waals surface area contributed by atoms with Crippen molar-refractivity contribution in [1.82, 2.24) is 0 Å². The Hall–Kier alpha value is -2.08. The fourth-order valence-corrected chi connectivity index (χ4v) is 4.62. The van der Waals surface area contributed by atoms with E-state index in [1.807, 2.05) is 24.3 Å². The van der Waals surface area contributed by atoms with Crippen LogP contribution in [-0.2, 0) is 0 Å². The number of halogens is 1. The van der Waals surface area contributed by atoms with Gasteiger partial charge in [0.15, 0.2) is 17.3 Å². The molecule has 0 radical (unpaired) electrons. The zero-order valence-electron chi connectivity index (χ0n) is 13.4. The van der Waals surface area contributed by atoms with Gasteiger partial charge in [-0.1, -0.05) is 54.6 Å². The molecule has 124 valence electrons. The maximum Gasteiger partial charge on any atom is 0.178 e. The number of benzene rings is 2. The number of Topliss-reactive ketones (excluding diaryl/α,β-unsaturated/α-hetero) is 3. The third-order valence-electron chi connectivity index (χ3n) is 5.26. The lowest BCUT2D eigenvalue weighted by Crippen LogP contribution is -2.53. The number of fused-ring (bicyclic) bond motifs is 2. The van der Waals surface area contributed by atoms with Gasteiger partial charge in [-0.05, 0) is 41.5 Å². The number of hydrogen-bond donors (Lipinski definition) is 0. The minimum atomic E-state index is -1.32. The van der Waals surface area contributed by atoms with Gasteiger partial charge in [0, 0.05) is 26.2 Å². The number of carbonyl (C=O) groups is 3. The van der Waals surface area contributed by atoms with Gasteiger partial charge in [-0.2, -0.15) is 0 Å². The largest absolute Gasteiger partial charge is 0.294 e. The number of hydrogen-bond acceptors (Lipinski definition) is 3. The van der Waals surface area contributed by atoms with Gasteiger partial charge in [0.25, 0.3) is 0 Å². The standard InChI is InChI=1S/C21H15IO3/c22-17-11-4-3-9-15(17)20(25)21-12-6-5-10-16(21)18(23)13-7-1-2-8-14(13)19(21)24/h1-9,11,16H,10,12H2/t16-,21+/m0/s1. The van der Waals surface area contributed by atoms with Crippen LogP contribution in [0.3, 0.4) is 0 Å². The van der Waals surface area contributed by atoms with Crippen molar-refractivity contribution in [2.45, 2.75) is 12.8 Å². The van der Waals surface area contributed by atoms with Crippen LogP contribution in [0, 0.1) is 14.9 Å². The molecule has 0 amide bonds. The molecule has 4 heteroatoms. The molecule has 0 saturated heterocycles. The molecule has 2 aliphatic rings. The van der Waals surface area contributed by atoms with E-state index in [2.05, 4.69) is 22.6 Å². The van der Waals surface area contributed by atoms with E-state index >= 15 is 0 Å².